The van der Waals surface area contributed by atoms with Crippen LogP contribution in [0.1, 0.15) is 44.3 Å². The van der Waals surface area contributed by atoms with Crippen molar-refractivity contribution in [3.63, 3.8) is 0 Å². The van der Waals surface area contributed by atoms with Crippen LogP contribution in [-0.2, 0) is 5.41 Å². The van der Waals surface area contributed by atoms with E-state index >= 15 is 0 Å². The quantitative estimate of drug-likeness (QED) is 0.720. The first kappa shape index (κ1) is 11.5. The molecule has 1 heterocycles. The average molecular weight is 283 g/mol. The number of hydrogen-bond donors (Lipinski definition) is 0. The fourth-order valence-corrected chi connectivity index (χ4v) is 5.43. The Morgan fingerprint density at radius 3 is 1.78 bits per heavy atom. The maximum Gasteiger partial charge on any atom is 0.137 e. The summed E-state index contributed by atoms with van der Waals surface area (Å²) < 4.78 is 0. The van der Waals surface area contributed by atoms with E-state index in [-0.39, 0.29) is 5.41 Å². The van der Waals surface area contributed by atoms with Crippen molar-refractivity contribution in [3.8, 4) is 0 Å². The molecule has 5 rings (SSSR count). The third-order valence-electron chi connectivity index (χ3n) is 5.18. The molecule has 0 atom stereocenters. The molecule has 4 bridgehead atoms. The zero-order chi connectivity index (χ0) is 12.3. The van der Waals surface area contributed by atoms with Gasteiger partial charge in [0.05, 0.1) is 0 Å². The van der Waals surface area contributed by atoms with Gasteiger partial charge in [-0.3, -0.25) is 0 Å². The normalized spacial score (nSPS) is 41.3. The molecule has 2 nitrogen and oxygen atoms in total. The maximum absolute atomic E-state index is 6.05. The summed E-state index contributed by atoms with van der Waals surface area (Å²) in [4.78, 5) is 8.99. The third-order valence-corrected chi connectivity index (χ3v) is 5.56. The molecule has 96 valence electrons. The van der Waals surface area contributed by atoms with E-state index in [9.17, 15) is 0 Å². The van der Waals surface area contributed by atoms with E-state index in [2.05, 4.69) is 9.97 Å². The molecule has 0 radical (unpaired) electrons. The summed E-state index contributed by atoms with van der Waals surface area (Å²) in [5.74, 6) is 3.58. The van der Waals surface area contributed by atoms with Crippen LogP contribution in [0.15, 0.2) is 6.07 Å². The average Bonchev–Trinajstić information content (AvgIpc) is 2.25. The molecule has 0 aromatic carbocycles. The first-order valence-corrected chi connectivity index (χ1v) is 7.59. The molecular formula is C14H16Cl2N2. The lowest BCUT2D eigenvalue weighted by atomic mass is 9.49. The van der Waals surface area contributed by atoms with E-state index in [1.807, 2.05) is 0 Å². The van der Waals surface area contributed by atoms with Gasteiger partial charge in [0, 0.05) is 11.5 Å². The lowest BCUT2D eigenvalue weighted by Gasteiger charge is -2.55. The van der Waals surface area contributed by atoms with Gasteiger partial charge in [-0.25, -0.2) is 9.97 Å². The van der Waals surface area contributed by atoms with Gasteiger partial charge in [-0.05, 0) is 56.3 Å². The molecule has 0 N–H and O–H groups in total. The zero-order valence-electron chi connectivity index (χ0n) is 10.2. The predicted octanol–water partition coefficient (Wildman–Crippen LogP) is 4.25. The Kier molecular flexibility index (Phi) is 2.44. The molecule has 0 spiro atoms. The molecule has 18 heavy (non-hydrogen) atoms. The minimum Gasteiger partial charge on any atom is -0.221 e. The summed E-state index contributed by atoms with van der Waals surface area (Å²) >= 11 is 12.1. The Morgan fingerprint density at radius 1 is 0.889 bits per heavy atom. The summed E-state index contributed by atoms with van der Waals surface area (Å²) in [7, 11) is 0. The minimum absolute atomic E-state index is 0.184. The molecule has 0 amide bonds. The van der Waals surface area contributed by atoms with Crippen LogP contribution < -0.4 is 0 Å². The standard InChI is InChI=1S/C14H16Cl2N2/c15-11-4-12(16)18-13(17-11)14-5-8-1-9(6-14)3-10(2-8)7-14/h4,8-10H,1-3,5-7H2. The van der Waals surface area contributed by atoms with Gasteiger partial charge < -0.3 is 0 Å². The largest absolute Gasteiger partial charge is 0.221 e. The first-order chi connectivity index (χ1) is 8.63. The lowest BCUT2D eigenvalue weighted by molar-refractivity contribution is -0.00938. The van der Waals surface area contributed by atoms with Crippen LogP contribution in [0.25, 0.3) is 0 Å². The van der Waals surface area contributed by atoms with Crippen LogP contribution in [0.4, 0.5) is 0 Å². The number of hydrogen-bond acceptors (Lipinski definition) is 2. The molecule has 4 fully saturated rings. The topological polar surface area (TPSA) is 25.8 Å². The smallest absolute Gasteiger partial charge is 0.137 e. The Bertz CT molecular complexity index is 445. The number of aromatic nitrogens is 2. The van der Waals surface area contributed by atoms with Crippen LogP contribution in [-0.4, -0.2) is 9.97 Å². The fourth-order valence-electron chi connectivity index (χ4n) is 5.01. The second-order valence-corrected chi connectivity index (χ2v) is 7.31. The van der Waals surface area contributed by atoms with Gasteiger partial charge in [0.1, 0.15) is 16.1 Å². The van der Waals surface area contributed by atoms with Gasteiger partial charge in [0.2, 0.25) is 0 Å². The highest BCUT2D eigenvalue weighted by atomic mass is 35.5. The minimum atomic E-state index is 0.184. The molecule has 1 aromatic rings. The van der Waals surface area contributed by atoms with Crippen molar-refractivity contribution in [1.29, 1.82) is 0 Å². The Hall–Kier alpha value is -0.340. The second kappa shape index (κ2) is 3.83. The number of nitrogens with zero attached hydrogens (tertiary/aromatic N) is 2. The summed E-state index contributed by atoms with van der Waals surface area (Å²) in [6, 6.07) is 1.63. The molecule has 1 aromatic heterocycles. The lowest BCUT2D eigenvalue weighted by Crippen LogP contribution is -2.49. The van der Waals surface area contributed by atoms with Gasteiger partial charge in [0.25, 0.3) is 0 Å². The maximum atomic E-state index is 6.05. The predicted molar refractivity (Wildman–Crippen MR) is 71.9 cm³/mol. The van der Waals surface area contributed by atoms with Crippen LogP contribution in [0.5, 0.6) is 0 Å². The zero-order valence-corrected chi connectivity index (χ0v) is 11.7. The summed E-state index contributed by atoms with van der Waals surface area (Å²) in [6.07, 6.45) is 8.01. The molecule has 0 unspecified atom stereocenters. The molecule has 4 aliphatic rings. The van der Waals surface area contributed by atoms with Crippen molar-refractivity contribution in [2.75, 3.05) is 0 Å². The van der Waals surface area contributed by atoms with Crippen molar-refractivity contribution in [1.82, 2.24) is 9.97 Å². The molecule has 4 saturated carbocycles. The summed E-state index contributed by atoms with van der Waals surface area (Å²) in [6.45, 7) is 0. The van der Waals surface area contributed by atoms with Crippen LogP contribution in [0.2, 0.25) is 10.3 Å². The van der Waals surface area contributed by atoms with Gasteiger partial charge in [-0.2, -0.15) is 0 Å². The Morgan fingerprint density at radius 2 is 1.33 bits per heavy atom. The van der Waals surface area contributed by atoms with Gasteiger partial charge >= 0.3 is 0 Å². The van der Waals surface area contributed by atoms with Gasteiger partial charge in [0.15, 0.2) is 0 Å². The Labute approximate surface area is 117 Å². The first-order valence-electron chi connectivity index (χ1n) is 6.83. The van der Waals surface area contributed by atoms with E-state index in [1.54, 1.807) is 6.07 Å². The molecule has 0 saturated heterocycles. The van der Waals surface area contributed by atoms with Crippen LogP contribution in [0.3, 0.4) is 0 Å². The van der Waals surface area contributed by atoms with Crippen LogP contribution >= 0.6 is 23.2 Å². The highest BCUT2D eigenvalue weighted by Gasteiger charge is 2.53. The third kappa shape index (κ3) is 1.69. The number of rotatable bonds is 1. The van der Waals surface area contributed by atoms with E-state index in [0.29, 0.717) is 10.3 Å². The van der Waals surface area contributed by atoms with E-state index < -0.39 is 0 Å². The van der Waals surface area contributed by atoms with Crippen molar-refractivity contribution in [3.05, 3.63) is 22.2 Å². The number of halogens is 2. The van der Waals surface area contributed by atoms with Crippen molar-refractivity contribution >= 4 is 23.2 Å². The molecule has 4 heteroatoms. The summed E-state index contributed by atoms with van der Waals surface area (Å²) in [5, 5.41) is 0.974. The fraction of sp³-hybridized carbons (Fsp3) is 0.714. The van der Waals surface area contributed by atoms with Gasteiger partial charge in [-0.15, -0.1) is 0 Å². The van der Waals surface area contributed by atoms with Gasteiger partial charge in [-0.1, -0.05) is 23.2 Å². The van der Waals surface area contributed by atoms with Crippen molar-refractivity contribution < 1.29 is 0 Å². The van der Waals surface area contributed by atoms with E-state index in [4.69, 9.17) is 23.2 Å². The highest BCUT2D eigenvalue weighted by Crippen LogP contribution is 2.60. The van der Waals surface area contributed by atoms with Crippen molar-refractivity contribution in [2.24, 2.45) is 17.8 Å². The second-order valence-electron chi connectivity index (χ2n) is 6.53. The molecule has 4 aliphatic carbocycles. The van der Waals surface area contributed by atoms with E-state index in [1.165, 1.54) is 38.5 Å². The van der Waals surface area contributed by atoms with E-state index in [0.717, 1.165) is 23.6 Å². The Balaban J connectivity index is 1.79. The highest BCUT2D eigenvalue weighted by molar-refractivity contribution is 6.33. The molecule has 0 aliphatic heterocycles. The van der Waals surface area contributed by atoms with Crippen LogP contribution in [0, 0.1) is 17.8 Å². The van der Waals surface area contributed by atoms with Crippen molar-refractivity contribution in [2.45, 2.75) is 43.9 Å². The molecular weight excluding hydrogens is 267 g/mol. The summed E-state index contributed by atoms with van der Waals surface area (Å²) in [5.41, 5.74) is 0.184. The monoisotopic (exact) mass is 282 g/mol. The SMILES string of the molecule is Clc1cc(Cl)nc(C23CC4CC(CC(C4)C2)C3)n1.